The van der Waals surface area contributed by atoms with E-state index in [0.29, 0.717) is 17.4 Å². The monoisotopic (exact) mass is 381 g/mol. The fourth-order valence-electron chi connectivity index (χ4n) is 2.46. The highest BCUT2D eigenvalue weighted by Crippen LogP contribution is 2.23. The largest absolute Gasteiger partial charge is 0.325 e. The van der Waals surface area contributed by atoms with Gasteiger partial charge in [0.2, 0.25) is 5.91 Å². The molecule has 27 heavy (non-hydrogen) atoms. The molecule has 0 aliphatic carbocycles. The van der Waals surface area contributed by atoms with Gasteiger partial charge in [0.1, 0.15) is 0 Å². The van der Waals surface area contributed by atoms with E-state index in [2.05, 4.69) is 20.8 Å². The predicted octanol–water partition coefficient (Wildman–Crippen LogP) is 3.41. The molecule has 0 atom stereocenters. The first-order chi connectivity index (χ1) is 13.2. The number of anilines is 1. The molecule has 0 fully saturated rings. The Morgan fingerprint density at radius 2 is 1.67 bits per heavy atom. The number of hydrogen-bond acceptors (Lipinski definition) is 5. The molecular formula is C19H19N5O2S. The second kappa shape index (κ2) is 9.00. The van der Waals surface area contributed by atoms with Crippen LogP contribution in [-0.4, -0.2) is 32.5 Å². The molecule has 2 N–H and O–H groups in total. The zero-order valence-electron chi connectivity index (χ0n) is 14.8. The number of nitrogens with one attached hydrogen (secondary N) is 2. The lowest BCUT2D eigenvalue weighted by Gasteiger charge is -2.08. The van der Waals surface area contributed by atoms with Gasteiger partial charge in [-0.1, -0.05) is 60.3 Å². The number of amides is 3. The van der Waals surface area contributed by atoms with Gasteiger partial charge in [-0.2, -0.15) is 0 Å². The molecule has 0 bridgehead atoms. The number of carbonyl (C=O) groups is 2. The molecule has 8 heteroatoms. The summed E-state index contributed by atoms with van der Waals surface area (Å²) in [5.74, 6) is 0.415. The van der Waals surface area contributed by atoms with Crippen LogP contribution < -0.4 is 10.6 Å². The van der Waals surface area contributed by atoms with Crippen molar-refractivity contribution < 1.29 is 9.59 Å². The van der Waals surface area contributed by atoms with Crippen molar-refractivity contribution in [2.24, 2.45) is 0 Å². The molecule has 0 spiro atoms. The number of urea groups is 1. The van der Waals surface area contributed by atoms with Crippen molar-refractivity contribution in [3.8, 4) is 11.4 Å². The third kappa shape index (κ3) is 4.95. The molecule has 3 amide bonds. The summed E-state index contributed by atoms with van der Waals surface area (Å²) in [6.45, 7) is 2.67. The van der Waals surface area contributed by atoms with E-state index in [1.807, 2.05) is 47.9 Å². The zero-order valence-corrected chi connectivity index (χ0v) is 15.6. The second-order valence-corrected chi connectivity index (χ2v) is 6.52. The van der Waals surface area contributed by atoms with Gasteiger partial charge in [0.05, 0.1) is 5.75 Å². The third-order valence-electron chi connectivity index (χ3n) is 3.68. The van der Waals surface area contributed by atoms with Gasteiger partial charge >= 0.3 is 6.03 Å². The number of nitrogens with zero attached hydrogens (tertiary/aromatic N) is 3. The molecule has 2 aromatic carbocycles. The number of para-hydroxylation sites is 1. The highest BCUT2D eigenvalue weighted by atomic mass is 32.2. The quantitative estimate of drug-likeness (QED) is 0.639. The summed E-state index contributed by atoms with van der Waals surface area (Å²) in [6.07, 6.45) is 0. The molecule has 0 aliphatic heterocycles. The second-order valence-electron chi connectivity index (χ2n) is 5.57. The Bertz CT molecular complexity index is 912. The molecule has 0 aliphatic rings. The van der Waals surface area contributed by atoms with E-state index >= 15 is 0 Å². The molecule has 7 nitrogen and oxygen atoms in total. The Morgan fingerprint density at radius 1 is 1.00 bits per heavy atom. The highest BCUT2D eigenvalue weighted by Gasteiger charge is 2.15. The topological polar surface area (TPSA) is 88.9 Å². The van der Waals surface area contributed by atoms with Crippen LogP contribution in [0, 0.1) is 0 Å². The summed E-state index contributed by atoms with van der Waals surface area (Å²) in [5, 5.41) is 14.0. The Labute approximate surface area is 161 Å². The van der Waals surface area contributed by atoms with Gasteiger partial charge in [0.15, 0.2) is 11.0 Å². The van der Waals surface area contributed by atoms with E-state index in [4.69, 9.17) is 0 Å². The van der Waals surface area contributed by atoms with Gasteiger partial charge in [-0.3, -0.25) is 10.1 Å². The number of carbonyl (C=O) groups excluding carboxylic acids is 2. The lowest BCUT2D eigenvalue weighted by Crippen LogP contribution is -2.35. The van der Waals surface area contributed by atoms with Gasteiger partial charge in [0.25, 0.3) is 0 Å². The summed E-state index contributed by atoms with van der Waals surface area (Å²) in [7, 11) is 0. The standard InChI is InChI=1S/C19H19N5O2S/c1-2-24-17(14-9-5-3-6-10-14)22-23-19(24)27-13-16(25)21-18(26)20-15-11-7-4-8-12-15/h3-12H,2,13H2,1H3,(H2,20,21,25,26). The van der Waals surface area contributed by atoms with Crippen molar-refractivity contribution in [2.75, 3.05) is 11.1 Å². The van der Waals surface area contributed by atoms with E-state index in [9.17, 15) is 9.59 Å². The Balaban J connectivity index is 1.57. The van der Waals surface area contributed by atoms with E-state index in [-0.39, 0.29) is 5.75 Å². The van der Waals surface area contributed by atoms with Gasteiger partial charge in [-0.25, -0.2) is 4.79 Å². The maximum atomic E-state index is 12.0. The molecule has 0 unspecified atom stereocenters. The van der Waals surface area contributed by atoms with Crippen LogP contribution in [0.25, 0.3) is 11.4 Å². The smallest absolute Gasteiger partial charge is 0.308 e. The van der Waals surface area contributed by atoms with Crippen LogP contribution in [0.4, 0.5) is 10.5 Å². The number of thioether (sulfide) groups is 1. The minimum absolute atomic E-state index is 0.0646. The van der Waals surface area contributed by atoms with E-state index < -0.39 is 11.9 Å². The first-order valence-corrected chi connectivity index (χ1v) is 9.43. The highest BCUT2D eigenvalue weighted by molar-refractivity contribution is 7.99. The maximum absolute atomic E-state index is 12.0. The van der Waals surface area contributed by atoms with Gasteiger partial charge in [-0.05, 0) is 19.1 Å². The van der Waals surface area contributed by atoms with Crippen LogP contribution in [0.3, 0.4) is 0 Å². The first-order valence-electron chi connectivity index (χ1n) is 8.44. The average Bonchev–Trinajstić information content (AvgIpc) is 3.10. The van der Waals surface area contributed by atoms with Gasteiger partial charge in [-0.15, -0.1) is 10.2 Å². The average molecular weight is 381 g/mol. The molecule has 0 saturated heterocycles. The van der Waals surface area contributed by atoms with Crippen LogP contribution in [0.15, 0.2) is 65.8 Å². The molecule has 138 valence electrons. The lowest BCUT2D eigenvalue weighted by molar-refractivity contribution is -0.117. The van der Waals surface area contributed by atoms with Gasteiger partial charge < -0.3 is 9.88 Å². The number of rotatable bonds is 6. The summed E-state index contributed by atoms with van der Waals surface area (Å²) in [5.41, 5.74) is 1.58. The number of aromatic nitrogens is 3. The summed E-state index contributed by atoms with van der Waals surface area (Å²) in [6, 6.07) is 18.1. The van der Waals surface area contributed by atoms with Gasteiger partial charge in [0, 0.05) is 17.8 Å². The van der Waals surface area contributed by atoms with Crippen molar-refractivity contribution in [1.29, 1.82) is 0 Å². The molecule has 3 aromatic rings. The van der Waals surface area contributed by atoms with Crippen LogP contribution in [-0.2, 0) is 11.3 Å². The van der Waals surface area contributed by atoms with Crippen molar-refractivity contribution in [2.45, 2.75) is 18.6 Å². The van der Waals surface area contributed by atoms with Crippen molar-refractivity contribution in [3.05, 3.63) is 60.7 Å². The minimum atomic E-state index is -0.561. The minimum Gasteiger partial charge on any atom is -0.308 e. The zero-order chi connectivity index (χ0) is 19.1. The van der Waals surface area contributed by atoms with Crippen molar-refractivity contribution in [3.63, 3.8) is 0 Å². The summed E-state index contributed by atoms with van der Waals surface area (Å²) in [4.78, 5) is 23.9. The molecule has 3 rings (SSSR count). The molecule has 1 aromatic heterocycles. The lowest BCUT2D eigenvalue weighted by atomic mass is 10.2. The SMILES string of the molecule is CCn1c(SCC(=O)NC(=O)Nc2ccccc2)nnc1-c1ccccc1. The summed E-state index contributed by atoms with van der Waals surface area (Å²) < 4.78 is 1.94. The van der Waals surface area contributed by atoms with E-state index in [0.717, 1.165) is 11.4 Å². The Kier molecular flexibility index (Phi) is 6.22. The third-order valence-corrected chi connectivity index (χ3v) is 4.65. The number of imide groups is 1. The van der Waals surface area contributed by atoms with Crippen molar-refractivity contribution >= 4 is 29.4 Å². The van der Waals surface area contributed by atoms with Crippen LogP contribution >= 0.6 is 11.8 Å². The number of hydrogen-bond donors (Lipinski definition) is 2. The predicted molar refractivity (Wildman–Crippen MR) is 105 cm³/mol. The number of benzene rings is 2. The normalized spacial score (nSPS) is 10.4. The maximum Gasteiger partial charge on any atom is 0.325 e. The van der Waals surface area contributed by atoms with Crippen molar-refractivity contribution in [1.82, 2.24) is 20.1 Å². The van der Waals surface area contributed by atoms with Crippen LogP contribution in [0.2, 0.25) is 0 Å². The van der Waals surface area contributed by atoms with Crippen LogP contribution in [0.1, 0.15) is 6.92 Å². The Morgan fingerprint density at radius 3 is 2.33 bits per heavy atom. The van der Waals surface area contributed by atoms with E-state index in [1.165, 1.54) is 11.8 Å². The molecular weight excluding hydrogens is 362 g/mol. The summed E-state index contributed by atoms with van der Waals surface area (Å²) >= 11 is 1.24. The molecule has 0 saturated carbocycles. The molecule has 0 radical (unpaired) electrons. The Hall–Kier alpha value is -3.13. The first kappa shape index (κ1) is 18.7. The van der Waals surface area contributed by atoms with Crippen LogP contribution in [0.5, 0.6) is 0 Å². The fraction of sp³-hybridized carbons (Fsp3) is 0.158. The fourth-order valence-corrected chi connectivity index (χ4v) is 3.26. The van der Waals surface area contributed by atoms with E-state index in [1.54, 1.807) is 24.3 Å². The molecule has 1 heterocycles.